The average Bonchev–Trinajstić information content (AvgIpc) is 2.99. The molecule has 1 aliphatic rings. The molecule has 1 unspecified atom stereocenters. The van der Waals surface area contributed by atoms with E-state index in [1.807, 2.05) is 34.8 Å². The maximum absolute atomic E-state index is 4.76. The number of hydrogen-bond donors (Lipinski definition) is 1. The number of nitrogens with zero attached hydrogens (tertiary/aromatic N) is 4. The molecule has 0 spiro atoms. The van der Waals surface area contributed by atoms with E-state index < -0.39 is 0 Å². The molecule has 1 N–H and O–H groups in total. The number of hydrogen-bond acceptors (Lipinski definition) is 5. The van der Waals surface area contributed by atoms with E-state index in [2.05, 4.69) is 15.5 Å². The molecule has 5 nitrogen and oxygen atoms in total. The van der Waals surface area contributed by atoms with Crippen LogP contribution >= 0.6 is 11.3 Å². The zero-order chi connectivity index (χ0) is 14.1. The Bertz CT molecular complexity index is 725. The lowest BCUT2D eigenvalue weighted by atomic mass is 10.1. The summed E-state index contributed by atoms with van der Waals surface area (Å²) in [4.78, 5) is 0.870. The van der Waals surface area contributed by atoms with E-state index in [0.29, 0.717) is 6.04 Å². The van der Waals surface area contributed by atoms with Gasteiger partial charge < -0.3 is 5.32 Å². The van der Waals surface area contributed by atoms with Gasteiger partial charge in [0.2, 0.25) is 4.96 Å². The molecule has 3 aromatic rings. The van der Waals surface area contributed by atoms with Gasteiger partial charge in [-0.05, 0) is 19.4 Å². The molecule has 0 aliphatic carbocycles. The minimum absolute atomic E-state index is 0.364. The normalized spacial score (nSPS) is 19.7. The van der Waals surface area contributed by atoms with Gasteiger partial charge in [0.05, 0.1) is 6.04 Å². The van der Waals surface area contributed by atoms with Gasteiger partial charge in [-0.1, -0.05) is 54.5 Å². The maximum atomic E-state index is 4.76. The topological polar surface area (TPSA) is 55.1 Å². The van der Waals surface area contributed by atoms with Gasteiger partial charge in [0, 0.05) is 5.56 Å². The smallest absolute Gasteiger partial charge is 0.235 e. The molecule has 1 fully saturated rings. The standard InChI is InChI=1S/C15H17N5S/c1-3-7-11(8-4-1)13-17-18-15-20(13)19-14(21-15)12-9-5-2-6-10-16-12/h1,3-4,7-8,12,16H,2,5-6,9-10H2. The number of aromatic nitrogens is 4. The summed E-state index contributed by atoms with van der Waals surface area (Å²) in [6, 6.07) is 10.5. The van der Waals surface area contributed by atoms with E-state index in [1.54, 1.807) is 11.3 Å². The van der Waals surface area contributed by atoms with Crippen molar-refractivity contribution in [3.8, 4) is 11.4 Å². The lowest BCUT2D eigenvalue weighted by Crippen LogP contribution is -2.20. The molecule has 3 heterocycles. The SMILES string of the molecule is c1ccc(-c2nnc3sc(C4CCCCCN4)nn23)cc1. The van der Waals surface area contributed by atoms with Gasteiger partial charge in [-0.3, -0.25) is 0 Å². The molecule has 0 amide bonds. The molecule has 1 aromatic carbocycles. The lowest BCUT2D eigenvalue weighted by molar-refractivity contribution is 0.526. The van der Waals surface area contributed by atoms with Crippen LogP contribution in [0.3, 0.4) is 0 Å². The maximum Gasteiger partial charge on any atom is 0.235 e. The van der Waals surface area contributed by atoms with Crippen LogP contribution in [-0.4, -0.2) is 26.4 Å². The molecule has 1 aliphatic heterocycles. The molecule has 0 saturated carbocycles. The van der Waals surface area contributed by atoms with Crippen LogP contribution in [0.15, 0.2) is 30.3 Å². The third-order valence-electron chi connectivity index (χ3n) is 3.90. The molecule has 1 saturated heterocycles. The Morgan fingerprint density at radius 2 is 2.00 bits per heavy atom. The quantitative estimate of drug-likeness (QED) is 0.790. The van der Waals surface area contributed by atoms with Crippen molar-refractivity contribution in [2.24, 2.45) is 0 Å². The summed E-state index contributed by atoms with van der Waals surface area (Å²) in [5.41, 5.74) is 1.05. The Balaban J connectivity index is 1.72. The van der Waals surface area contributed by atoms with E-state index in [9.17, 15) is 0 Å². The average molecular weight is 299 g/mol. The minimum Gasteiger partial charge on any atom is -0.308 e. The summed E-state index contributed by atoms with van der Waals surface area (Å²) >= 11 is 1.64. The highest BCUT2D eigenvalue weighted by atomic mass is 32.1. The minimum atomic E-state index is 0.364. The van der Waals surface area contributed by atoms with Gasteiger partial charge >= 0.3 is 0 Å². The number of benzene rings is 1. The van der Waals surface area contributed by atoms with Gasteiger partial charge in [-0.15, -0.1) is 10.2 Å². The van der Waals surface area contributed by atoms with Crippen LogP contribution in [0.25, 0.3) is 16.3 Å². The van der Waals surface area contributed by atoms with Crippen LogP contribution < -0.4 is 5.32 Å². The van der Waals surface area contributed by atoms with Crippen LogP contribution in [0.4, 0.5) is 0 Å². The Kier molecular flexibility index (Phi) is 3.40. The molecule has 1 atom stereocenters. The van der Waals surface area contributed by atoms with Gasteiger partial charge in [-0.2, -0.15) is 9.61 Å². The first-order valence-electron chi connectivity index (χ1n) is 7.43. The van der Waals surface area contributed by atoms with Crippen LogP contribution in [0, 0.1) is 0 Å². The second-order valence-corrected chi connectivity index (χ2v) is 6.37. The van der Waals surface area contributed by atoms with E-state index in [1.165, 1.54) is 19.3 Å². The third kappa shape index (κ3) is 2.45. The fraction of sp³-hybridized carbons (Fsp3) is 0.400. The Labute approximate surface area is 127 Å². The molecular formula is C15H17N5S. The van der Waals surface area contributed by atoms with E-state index in [4.69, 9.17) is 5.10 Å². The zero-order valence-corrected chi connectivity index (χ0v) is 12.5. The number of nitrogens with one attached hydrogen (secondary N) is 1. The van der Waals surface area contributed by atoms with Crippen molar-refractivity contribution < 1.29 is 0 Å². The predicted molar refractivity (Wildman–Crippen MR) is 83.3 cm³/mol. The summed E-state index contributed by atoms with van der Waals surface area (Å²) in [5, 5.41) is 18.0. The van der Waals surface area contributed by atoms with Crippen molar-refractivity contribution in [3.05, 3.63) is 35.3 Å². The molecule has 0 radical (unpaired) electrons. The predicted octanol–water partition coefficient (Wildman–Crippen LogP) is 3.06. The molecule has 4 rings (SSSR count). The first-order valence-corrected chi connectivity index (χ1v) is 8.24. The summed E-state index contributed by atoms with van der Waals surface area (Å²) in [5.74, 6) is 0.821. The first-order chi connectivity index (χ1) is 10.4. The van der Waals surface area contributed by atoms with Crippen molar-refractivity contribution in [3.63, 3.8) is 0 Å². The van der Waals surface area contributed by atoms with Crippen molar-refractivity contribution in [2.45, 2.75) is 31.7 Å². The second-order valence-electron chi connectivity index (χ2n) is 5.38. The summed E-state index contributed by atoms with van der Waals surface area (Å²) in [6.07, 6.45) is 4.99. The largest absolute Gasteiger partial charge is 0.308 e. The van der Waals surface area contributed by atoms with Crippen LogP contribution in [0.2, 0.25) is 0 Å². The van der Waals surface area contributed by atoms with Crippen LogP contribution in [0.5, 0.6) is 0 Å². The lowest BCUT2D eigenvalue weighted by Gasteiger charge is -2.11. The van der Waals surface area contributed by atoms with Gasteiger partial charge in [-0.25, -0.2) is 0 Å². The molecule has 6 heteroatoms. The van der Waals surface area contributed by atoms with Crippen LogP contribution in [-0.2, 0) is 0 Å². The Morgan fingerprint density at radius 1 is 1.10 bits per heavy atom. The Hall–Kier alpha value is -1.79. The van der Waals surface area contributed by atoms with Gasteiger partial charge in [0.1, 0.15) is 5.01 Å². The van der Waals surface area contributed by atoms with Crippen molar-refractivity contribution in [1.82, 2.24) is 25.1 Å². The zero-order valence-electron chi connectivity index (χ0n) is 11.7. The van der Waals surface area contributed by atoms with Crippen molar-refractivity contribution in [1.29, 1.82) is 0 Å². The summed E-state index contributed by atoms with van der Waals surface area (Å²) in [7, 11) is 0. The number of fused-ring (bicyclic) bond motifs is 1. The molecule has 21 heavy (non-hydrogen) atoms. The highest BCUT2D eigenvalue weighted by molar-refractivity contribution is 7.16. The highest BCUT2D eigenvalue weighted by Crippen LogP contribution is 2.28. The third-order valence-corrected chi connectivity index (χ3v) is 4.91. The molecule has 108 valence electrons. The fourth-order valence-electron chi connectivity index (χ4n) is 2.78. The molecular weight excluding hydrogens is 282 g/mol. The summed E-state index contributed by atoms with van der Waals surface area (Å²) < 4.78 is 1.88. The molecule has 0 bridgehead atoms. The summed E-state index contributed by atoms with van der Waals surface area (Å²) in [6.45, 7) is 1.08. The van der Waals surface area contributed by atoms with Gasteiger partial charge in [0.25, 0.3) is 0 Å². The van der Waals surface area contributed by atoms with E-state index >= 15 is 0 Å². The highest BCUT2D eigenvalue weighted by Gasteiger charge is 2.20. The first kappa shape index (κ1) is 12.9. The fourth-order valence-corrected chi connectivity index (χ4v) is 3.73. The monoisotopic (exact) mass is 299 g/mol. The van der Waals surface area contributed by atoms with Crippen molar-refractivity contribution in [2.75, 3.05) is 6.54 Å². The molecule has 2 aromatic heterocycles. The van der Waals surface area contributed by atoms with Crippen LogP contribution in [0.1, 0.15) is 36.7 Å². The Morgan fingerprint density at radius 3 is 2.90 bits per heavy atom. The van der Waals surface area contributed by atoms with E-state index in [0.717, 1.165) is 34.3 Å². The van der Waals surface area contributed by atoms with E-state index in [-0.39, 0.29) is 0 Å². The van der Waals surface area contributed by atoms with Gasteiger partial charge in [0.15, 0.2) is 5.82 Å². The second kappa shape index (κ2) is 5.54. The number of rotatable bonds is 2. The van der Waals surface area contributed by atoms with Crippen molar-refractivity contribution >= 4 is 16.3 Å².